The van der Waals surface area contributed by atoms with Crippen molar-refractivity contribution in [2.45, 2.75) is 45.1 Å². The maximum Gasteiger partial charge on any atom is 0.0423 e. The van der Waals surface area contributed by atoms with Crippen LogP contribution in [0.5, 0.6) is 0 Å². The molecule has 0 radical (unpaired) electrons. The average Bonchev–Trinajstić information content (AvgIpc) is 2.86. The predicted octanol–water partition coefficient (Wildman–Crippen LogP) is 4.83. The molecule has 1 aromatic heterocycles. The summed E-state index contributed by atoms with van der Waals surface area (Å²) >= 11 is 1.90. The van der Waals surface area contributed by atoms with Gasteiger partial charge in [-0.05, 0) is 66.8 Å². The van der Waals surface area contributed by atoms with E-state index in [2.05, 4.69) is 54.9 Å². The molecule has 0 bridgehead atoms. The Balaban J connectivity index is 1.73. The molecular formula is C18H23NS. The van der Waals surface area contributed by atoms with Gasteiger partial charge in [0.15, 0.2) is 0 Å². The van der Waals surface area contributed by atoms with E-state index in [-0.39, 0.29) is 0 Å². The lowest BCUT2D eigenvalue weighted by Gasteiger charge is -2.33. The number of aryl methyl sites for hydroxylation is 1. The van der Waals surface area contributed by atoms with Crippen molar-refractivity contribution in [2.24, 2.45) is 0 Å². The summed E-state index contributed by atoms with van der Waals surface area (Å²) < 4.78 is 0. The van der Waals surface area contributed by atoms with E-state index in [0.717, 1.165) is 12.5 Å². The Morgan fingerprint density at radius 2 is 2.15 bits per heavy atom. The van der Waals surface area contributed by atoms with E-state index in [1.165, 1.54) is 29.7 Å². The fraction of sp³-hybridized carbons (Fsp3) is 0.444. The second-order valence-corrected chi connectivity index (χ2v) is 6.76. The summed E-state index contributed by atoms with van der Waals surface area (Å²) in [5, 5.41) is 5.98. The van der Waals surface area contributed by atoms with Gasteiger partial charge >= 0.3 is 0 Å². The molecule has 0 saturated carbocycles. The second kappa shape index (κ2) is 6.11. The normalized spacial score (nSPS) is 18.4. The van der Waals surface area contributed by atoms with Crippen molar-refractivity contribution >= 4 is 11.3 Å². The minimum absolute atomic E-state index is 0.522. The number of nitrogens with one attached hydrogen (secondary N) is 1. The molecule has 20 heavy (non-hydrogen) atoms. The summed E-state index contributed by atoms with van der Waals surface area (Å²) in [7, 11) is 0. The van der Waals surface area contributed by atoms with E-state index >= 15 is 0 Å². The summed E-state index contributed by atoms with van der Waals surface area (Å²) in [6.07, 6.45) is 3.69. The summed E-state index contributed by atoms with van der Waals surface area (Å²) in [6.45, 7) is 5.58. The van der Waals surface area contributed by atoms with E-state index in [1.807, 2.05) is 11.3 Å². The van der Waals surface area contributed by atoms with Crippen LogP contribution in [0.3, 0.4) is 0 Å². The summed E-state index contributed by atoms with van der Waals surface area (Å²) in [6, 6.07) is 11.7. The molecule has 0 spiro atoms. The van der Waals surface area contributed by atoms with E-state index < -0.39 is 0 Å². The molecule has 0 aliphatic heterocycles. The third-order valence-electron chi connectivity index (χ3n) is 4.34. The van der Waals surface area contributed by atoms with Crippen LogP contribution in [0, 0.1) is 6.92 Å². The minimum Gasteiger partial charge on any atom is -0.309 e. The smallest absolute Gasteiger partial charge is 0.0423 e. The van der Waals surface area contributed by atoms with Gasteiger partial charge < -0.3 is 5.32 Å². The molecule has 2 atom stereocenters. The Labute approximate surface area is 126 Å². The molecule has 2 unspecified atom stereocenters. The van der Waals surface area contributed by atoms with Gasteiger partial charge in [0.2, 0.25) is 0 Å². The van der Waals surface area contributed by atoms with Gasteiger partial charge in [-0.25, -0.2) is 0 Å². The second-order valence-electron chi connectivity index (χ2n) is 5.81. The first-order valence-electron chi connectivity index (χ1n) is 7.64. The SMILES string of the molecule is CCCNC(CC1Cc2ccccc21)c1sccc1C. The molecule has 0 amide bonds. The first kappa shape index (κ1) is 13.8. The molecule has 2 heteroatoms. The number of benzene rings is 1. The first-order chi connectivity index (χ1) is 9.79. The van der Waals surface area contributed by atoms with Crippen molar-refractivity contribution in [3.05, 3.63) is 57.3 Å². The monoisotopic (exact) mass is 285 g/mol. The first-order valence-corrected chi connectivity index (χ1v) is 8.52. The van der Waals surface area contributed by atoms with E-state index in [1.54, 1.807) is 11.1 Å². The molecule has 1 aliphatic rings. The van der Waals surface area contributed by atoms with Crippen molar-refractivity contribution in [1.29, 1.82) is 0 Å². The van der Waals surface area contributed by atoms with Gasteiger partial charge in [0.05, 0.1) is 0 Å². The Morgan fingerprint density at radius 3 is 2.85 bits per heavy atom. The highest BCUT2D eigenvalue weighted by molar-refractivity contribution is 7.10. The third kappa shape index (κ3) is 2.68. The minimum atomic E-state index is 0.522. The standard InChI is InChI=1S/C18H23NS/c1-3-9-19-17(18-13(2)8-10-20-18)12-15-11-14-6-4-5-7-16(14)15/h4-8,10,15,17,19H,3,9,11-12H2,1-2H3. The third-order valence-corrected chi connectivity index (χ3v) is 5.47. The van der Waals surface area contributed by atoms with Crippen molar-refractivity contribution in [3.8, 4) is 0 Å². The molecule has 3 rings (SSSR count). The van der Waals surface area contributed by atoms with Crippen LogP contribution in [0.2, 0.25) is 0 Å². The molecule has 1 heterocycles. The predicted molar refractivity (Wildman–Crippen MR) is 87.6 cm³/mol. The van der Waals surface area contributed by atoms with Gasteiger partial charge in [0.25, 0.3) is 0 Å². The van der Waals surface area contributed by atoms with Gasteiger partial charge in [0, 0.05) is 10.9 Å². The molecule has 2 aromatic rings. The maximum atomic E-state index is 3.75. The summed E-state index contributed by atoms with van der Waals surface area (Å²) in [5.74, 6) is 0.738. The molecule has 0 fully saturated rings. The number of hydrogen-bond acceptors (Lipinski definition) is 2. The quantitative estimate of drug-likeness (QED) is 0.802. The van der Waals surface area contributed by atoms with Crippen LogP contribution < -0.4 is 5.32 Å². The lowest BCUT2D eigenvalue weighted by molar-refractivity contribution is 0.432. The van der Waals surface area contributed by atoms with Crippen LogP contribution >= 0.6 is 11.3 Å². The number of thiophene rings is 1. The number of fused-ring (bicyclic) bond motifs is 1. The zero-order chi connectivity index (χ0) is 13.9. The van der Waals surface area contributed by atoms with Gasteiger partial charge in [-0.2, -0.15) is 0 Å². The van der Waals surface area contributed by atoms with Crippen molar-refractivity contribution in [3.63, 3.8) is 0 Å². The van der Waals surface area contributed by atoms with E-state index in [4.69, 9.17) is 0 Å². The van der Waals surface area contributed by atoms with Gasteiger partial charge in [-0.3, -0.25) is 0 Å². The van der Waals surface area contributed by atoms with Gasteiger partial charge in [-0.15, -0.1) is 11.3 Å². The van der Waals surface area contributed by atoms with Crippen LogP contribution in [0.25, 0.3) is 0 Å². The summed E-state index contributed by atoms with van der Waals surface area (Å²) in [5.41, 5.74) is 4.57. The molecule has 1 nitrogen and oxygen atoms in total. The zero-order valence-corrected chi connectivity index (χ0v) is 13.2. The Bertz CT molecular complexity index is 572. The molecule has 0 saturated heterocycles. The van der Waals surface area contributed by atoms with Gasteiger partial charge in [-0.1, -0.05) is 31.2 Å². The molecule has 1 N–H and O–H groups in total. The molecular weight excluding hydrogens is 262 g/mol. The highest BCUT2D eigenvalue weighted by atomic mass is 32.1. The number of rotatable bonds is 6. The van der Waals surface area contributed by atoms with Crippen LogP contribution in [-0.4, -0.2) is 6.54 Å². The highest BCUT2D eigenvalue weighted by Crippen LogP contribution is 2.41. The average molecular weight is 285 g/mol. The topological polar surface area (TPSA) is 12.0 Å². The fourth-order valence-corrected chi connectivity index (χ4v) is 4.22. The number of hydrogen-bond donors (Lipinski definition) is 1. The molecule has 1 aliphatic carbocycles. The highest BCUT2D eigenvalue weighted by Gasteiger charge is 2.29. The van der Waals surface area contributed by atoms with Crippen molar-refractivity contribution in [2.75, 3.05) is 6.54 Å². The summed E-state index contributed by atoms with van der Waals surface area (Å²) in [4.78, 5) is 1.53. The van der Waals surface area contributed by atoms with Crippen LogP contribution in [-0.2, 0) is 6.42 Å². The molecule has 106 valence electrons. The zero-order valence-electron chi connectivity index (χ0n) is 12.4. The van der Waals surface area contributed by atoms with Crippen LogP contribution in [0.15, 0.2) is 35.7 Å². The Morgan fingerprint density at radius 1 is 1.30 bits per heavy atom. The van der Waals surface area contributed by atoms with Crippen LogP contribution in [0.1, 0.15) is 53.3 Å². The van der Waals surface area contributed by atoms with Crippen molar-refractivity contribution in [1.82, 2.24) is 5.32 Å². The maximum absolute atomic E-state index is 3.75. The fourth-order valence-electron chi connectivity index (χ4n) is 3.20. The Kier molecular flexibility index (Phi) is 4.23. The lowest BCUT2D eigenvalue weighted by atomic mass is 9.74. The Hall–Kier alpha value is -1.12. The van der Waals surface area contributed by atoms with Crippen molar-refractivity contribution < 1.29 is 0 Å². The lowest BCUT2D eigenvalue weighted by Crippen LogP contribution is -2.27. The van der Waals surface area contributed by atoms with E-state index in [9.17, 15) is 0 Å². The molecule has 1 aromatic carbocycles. The largest absolute Gasteiger partial charge is 0.309 e. The van der Waals surface area contributed by atoms with Gasteiger partial charge in [0.1, 0.15) is 0 Å². The van der Waals surface area contributed by atoms with Crippen LogP contribution in [0.4, 0.5) is 0 Å². The van der Waals surface area contributed by atoms with E-state index in [0.29, 0.717) is 6.04 Å².